The molecule has 6 heteroatoms. The van der Waals surface area contributed by atoms with Gasteiger partial charge in [-0.3, -0.25) is 9.97 Å². The predicted molar refractivity (Wildman–Crippen MR) is 292 cm³/mol. The van der Waals surface area contributed by atoms with Crippen LogP contribution < -0.4 is 26.2 Å². The van der Waals surface area contributed by atoms with Crippen molar-refractivity contribution in [1.29, 1.82) is 0 Å². The first-order chi connectivity index (χ1) is 38.0. The topological polar surface area (TPSA) is 37.2 Å². The van der Waals surface area contributed by atoms with Crippen LogP contribution in [0.5, 0.6) is 0 Å². The molecule has 5 heterocycles. The maximum absolute atomic E-state index is 9.11. The van der Waals surface area contributed by atoms with Crippen molar-refractivity contribution >= 4 is 79.0 Å². The average molecular weight is 900 g/mol. The lowest BCUT2D eigenvalue weighted by Gasteiger charge is -2.44. The van der Waals surface area contributed by atoms with Crippen LogP contribution in [0.25, 0.3) is 72.0 Å². The number of hydrogen-bond acceptors (Lipinski definition) is 4. The largest absolute Gasteiger partial charge is 0.311 e. The molecule has 0 aliphatic carbocycles. The van der Waals surface area contributed by atoms with E-state index in [2.05, 4.69) is 158 Å². The van der Waals surface area contributed by atoms with Crippen LogP contribution in [-0.2, 0) is 0 Å². The number of aromatic nitrogens is 3. The Morgan fingerprint density at radius 3 is 1.24 bits per heavy atom. The van der Waals surface area contributed by atoms with Crippen LogP contribution in [0.3, 0.4) is 0 Å². The number of rotatable bonds is 7. The van der Waals surface area contributed by atoms with Gasteiger partial charge in [0, 0.05) is 80.7 Å². The van der Waals surface area contributed by atoms with Gasteiger partial charge in [0.2, 0.25) is 0 Å². The van der Waals surface area contributed by atoms with E-state index in [1.807, 2.05) is 72.8 Å². The van der Waals surface area contributed by atoms with E-state index in [-0.39, 0.29) is 47.6 Å². The first-order valence-corrected chi connectivity index (χ1v) is 23.3. The molecular weight excluding hydrogens is 850 g/mol. The third kappa shape index (κ3) is 6.41. The van der Waals surface area contributed by atoms with Crippen molar-refractivity contribution in [1.82, 2.24) is 14.5 Å². The Labute approximate surface area is 418 Å². The van der Waals surface area contributed by atoms with Crippen LogP contribution in [0.15, 0.2) is 255 Å². The van der Waals surface area contributed by atoms with E-state index in [0.29, 0.717) is 11.1 Å². The molecule has 0 spiro atoms. The van der Waals surface area contributed by atoms with Gasteiger partial charge < -0.3 is 14.4 Å². The summed E-state index contributed by atoms with van der Waals surface area (Å²) >= 11 is 0. The second kappa shape index (κ2) is 16.2. The number of pyridine rings is 2. The molecule has 70 heavy (non-hydrogen) atoms. The zero-order chi connectivity index (χ0) is 53.1. The molecular formula is C64H42BN5. The molecule has 2 aliphatic rings. The van der Waals surface area contributed by atoms with Crippen molar-refractivity contribution in [3.63, 3.8) is 0 Å². The standard InChI is InChI=1S/C64H42BN5/c1-3-13-43(14-4-1)45-23-29-51(30-24-45)68-60-37-47(49-17-11-35-66-41-49)27-33-56(60)65-57-34-28-48(50-18-12-36-67-42-50)38-61(57)69(52-31-25-46(26-32-52)44-15-5-2-6-16-44)63-40-53(39-62(68)64(63)65)70-58-21-9-7-19-54(58)55-20-8-10-22-59(55)70/h1-42H/i11D,12D,17D,18D,35D,36D,41D,42D. The highest BCUT2D eigenvalue weighted by Gasteiger charge is 2.44. The third-order valence-electron chi connectivity index (χ3n) is 13.9. The third-order valence-corrected chi connectivity index (χ3v) is 13.9. The van der Waals surface area contributed by atoms with E-state index in [1.165, 1.54) is 0 Å². The summed E-state index contributed by atoms with van der Waals surface area (Å²) in [4.78, 5) is 12.8. The van der Waals surface area contributed by atoms with E-state index in [4.69, 9.17) is 11.0 Å². The van der Waals surface area contributed by atoms with Gasteiger partial charge in [0.15, 0.2) is 0 Å². The number of para-hydroxylation sites is 2. The van der Waals surface area contributed by atoms with Gasteiger partial charge in [-0.2, -0.15) is 0 Å². The van der Waals surface area contributed by atoms with Crippen molar-refractivity contribution < 1.29 is 11.0 Å². The number of anilines is 6. The van der Waals surface area contributed by atoms with E-state index < -0.39 is 19.1 Å². The Bertz CT molecular complexity index is 4160. The minimum absolute atomic E-state index is 0.154. The van der Waals surface area contributed by atoms with Crippen molar-refractivity contribution in [2.75, 3.05) is 9.80 Å². The molecule has 0 saturated carbocycles. The summed E-state index contributed by atoms with van der Waals surface area (Å²) in [6.45, 7) is -0.437. The number of hydrogen-bond donors (Lipinski definition) is 0. The molecule has 0 saturated heterocycles. The fraction of sp³-hybridized carbons (Fsp3) is 0. The summed E-state index contributed by atoms with van der Waals surface area (Å²) < 4.78 is 72.4. The zero-order valence-electron chi connectivity index (χ0n) is 45.4. The summed E-state index contributed by atoms with van der Waals surface area (Å²) in [5.74, 6) is 0. The highest BCUT2D eigenvalue weighted by molar-refractivity contribution is 7.00. The smallest absolute Gasteiger partial charge is 0.252 e. The van der Waals surface area contributed by atoms with Crippen LogP contribution in [0, 0.1) is 0 Å². The highest BCUT2D eigenvalue weighted by Crippen LogP contribution is 2.48. The zero-order valence-corrected chi connectivity index (χ0v) is 37.4. The maximum Gasteiger partial charge on any atom is 0.252 e. The SMILES string of the molecule is [2H]c1nc([2H])c(-c2ccc3c(c2)N(c2ccc(-c4ccccc4)cc2)c2cc(-n4c5ccccc5c5ccccc54)cc4c2B3c2ccc(-c3c([2H])nc([2H])c([2H])c3[2H])cc2N4c2ccc(-c3ccccc3)cc2)c([2H])c1[2H]. The van der Waals surface area contributed by atoms with Crippen LogP contribution in [0.2, 0.25) is 0 Å². The Kier molecular flexibility index (Phi) is 7.52. The summed E-state index contributed by atoms with van der Waals surface area (Å²) in [6, 6.07) is 69.4. The molecule has 0 fully saturated rings. The Hall–Kier alpha value is -9.26. The van der Waals surface area contributed by atoms with E-state index >= 15 is 0 Å². The predicted octanol–water partition coefficient (Wildman–Crippen LogP) is 14.3. The van der Waals surface area contributed by atoms with Gasteiger partial charge in [-0.1, -0.05) is 158 Å². The monoisotopic (exact) mass is 899 g/mol. The van der Waals surface area contributed by atoms with Crippen molar-refractivity contribution in [2.24, 2.45) is 0 Å². The summed E-state index contributed by atoms with van der Waals surface area (Å²) in [7, 11) is 0. The van der Waals surface area contributed by atoms with Crippen molar-refractivity contribution in [2.45, 2.75) is 0 Å². The van der Waals surface area contributed by atoms with E-state index in [0.717, 1.165) is 100 Å². The molecule has 0 radical (unpaired) electrons. The van der Waals surface area contributed by atoms with Crippen molar-refractivity contribution in [3.05, 3.63) is 255 Å². The molecule has 0 N–H and O–H groups in total. The molecule has 2 aliphatic heterocycles. The Morgan fingerprint density at radius 1 is 0.357 bits per heavy atom. The maximum atomic E-state index is 9.11. The number of benzene rings is 9. The second-order valence-electron chi connectivity index (χ2n) is 17.7. The number of nitrogens with zero attached hydrogens (tertiary/aromatic N) is 5. The van der Waals surface area contributed by atoms with Crippen LogP contribution >= 0.6 is 0 Å². The molecule has 5 nitrogen and oxygen atoms in total. The Balaban J connectivity index is 1.11. The second-order valence-corrected chi connectivity index (χ2v) is 17.7. The quantitative estimate of drug-likeness (QED) is 0.149. The molecule has 0 amide bonds. The van der Waals surface area contributed by atoms with E-state index in [1.54, 1.807) is 0 Å². The van der Waals surface area contributed by atoms with Gasteiger partial charge in [-0.25, -0.2) is 0 Å². The van der Waals surface area contributed by atoms with Gasteiger partial charge in [0.05, 0.1) is 27.7 Å². The van der Waals surface area contributed by atoms with Gasteiger partial charge >= 0.3 is 0 Å². The lowest BCUT2D eigenvalue weighted by Crippen LogP contribution is -2.61. The lowest BCUT2D eigenvalue weighted by molar-refractivity contribution is 1.16. The van der Waals surface area contributed by atoms with Crippen LogP contribution in [0.4, 0.5) is 34.1 Å². The normalized spacial score (nSPS) is 14.1. The fourth-order valence-corrected chi connectivity index (χ4v) is 10.8. The molecule has 9 aromatic carbocycles. The first-order valence-electron chi connectivity index (χ1n) is 27.3. The molecule has 14 rings (SSSR count). The summed E-state index contributed by atoms with van der Waals surface area (Å²) in [6.07, 6.45) is -1.38. The first kappa shape index (κ1) is 32.4. The molecule has 0 unspecified atom stereocenters. The van der Waals surface area contributed by atoms with Gasteiger partial charge in [-0.05, 0) is 123 Å². The van der Waals surface area contributed by atoms with Gasteiger partial charge in [0.25, 0.3) is 6.71 Å². The lowest BCUT2D eigenvalue weighted by atomic mass is 9.33. The molecule has 326 valence electrons. The minimum Gasteiger partial charge on any atom is -0.311 e. The summed E-state index contributed by atoms with van der Waals surface area (Å²) in [5, 5.41) is 2.20. The van der Waals surface area contributed by atoms with E-state index in [9.17, 15) is 0 Å². The highest BCUT2D eigenvalue weighted by atomic mass is 15.2. The fourth-order valence-electron chi connectivity index (χ4n) is 10.8. The number of fused-ring (bicyclic) bond motifs is 7. The molecule has 3 aromatic heterocycles. The van der Waals surface area contributed by atoms with Crippen LogP contribution in [-0.4, -0.2) is 21.2 Å². The van der Waals surface area contributed by atoms with Gasteiger partial charge in [0.1, 0.15) is 0 Å². The Morgan fingerprint density at radius 2 is 0.771 bits per heavy atom. The van der Waals surface area contributed by atoms with Gasteiger partial charge in [-0.15, -0.1) is 0 Å². The van der Waals surface area contributed by atoms with Crippen molar-refractivity contribution in [3.8, 4) is 50.2 Å². The average Bonchev–Trinajstić information content (AvgIpc) is 3.62. The summed E-state index contributed by atoms with van der Waals surface area (Å²) in [5.41, 5.74) is 16.3. The molecule has 12 aromatic rings. The minimum atomic E-state index is -0.437. The van der Waals surface area contributed by atoms with Crippen LogP contribution in [0.1, 0.15) is 11.0 Å². The molecule has 0 atom stereocenters. The molecule has 0 bridgehead atoms.